The van der Waals surface area contributed by atoms with E-state index in [1.165, 1.54) is 5.56 Å². The molecule has 3 N–H and O–H groups in total. The fourth-order valence-corrected chi connectivity index (χ4v) is 2.41. The normalized spacial score (nSPS) is 16.7. The number of aliphatic hydroxyl groups is 1. The molecule has 0 bridgehead atoms. The number of rotatable bonds is 2. The van der Waals surface area contributed by atoms with Gasteiger partial charge in [0, 0.05) is 0 Å². The van der Waals surface area contributed by atoms with Crippen molar-refractivity contribution in [3.8, 4) is 5.75 Å². The zero-order valence-corrected chi connectivity index (χ0v) is 9.96. The van der Waals surface area contributed by atoms with Crippen LogP contribution in [0.4, 0.5) is 0 Å². The number of aliphatic hydroxyl groups excluding tert-OH is 1. The fraction of sp³-hybridized carbons (Fsp3) is 0.455. The molecule has 1 aromatic rings. The summed E-state index contributed by atoms with van der Waals surface area (Å²) in [5.74, 6) is 0.926. The summed E-state index contributed by atoms with van der Waals surface area (Å²) >= 11 is 3.47. The number of fused-ring (bicyclic) bond motifs is 1. The van der Waals surface area contributed by atoms with Gasteiger partial charge in [0.05, 0.1) is 23.7 Å². The second-order valence-corrected chi connectivity index (χ2v) is 4.59. The van der Waals surface area contributed by atoms with Gasteiger partial charge in [-0.05, 0) is 46.0 Å². The van der Waals surface area contributed by atoms with Gasteiger partial charge in [0.25, 0.3) is 0 Å². The lowest BCUT2D eigenvalue weighted by molar-refractivity contribution is 0.266. The van der Waals surface area contributed by atoms with Crippen LogP contribution >= 0.6 is 15.9 Å². The molecule has 2 rings (SSSR count). The number of ether oxygens (including phenoxy) is 1. The maximum Gasteiger partial charge on any atom is 0.136 e. The highest BCUT2D eigenvalue weighted by Gasteiger charge is 2.16. The Morgan fingerprint density at radius 2 is 2.33 bits per heavy atom. The first-order chi connectivity index (χ1) is 7.22. The first-order valence-electron chi connectivity index (χ1n) is 5.04. The number of halogens is 1. The van der Waals surface area contributed by atoms with Crippen molar-refractivity contribution < 1.29 is 9.84 Å². The van der Waals surface area contributed by atoms with Crippen LogP contribution in [-0.4, -0.2) is 18.3 Å². The van der Waals surface area contributed by atoms with E-state index in [-0.39, 0.29) is 12.6 Å². The lowest BCUT2D eigenvalue weighted by atomic mass is 10.00. The Morgan fingerprint density at radius 3 is 3.07 bits per heavy atom. The van der Waals surface area contributed by atoms with Crippen LogP contribution in [-0.2, 0) is 6.42 Å². The predicted octanol–water partition coefficient (Wildman–Crippen LogP) is 1.77. The maximum atomic E-state index is 9.01. The molecule has 0 aromatic heterocycles. The van der Waals surface area contributed by atoms with Gasteiger partial charge in [-0.15, -0.1) is 0 Å². The van der Waals surface area contributed by atoms with Crippen molar-refractivity contribution in [2.45, 2.75) is 18.9 Å². The average Bonchev–Trinajstić information content (AvgIpc) is 2.28. The molecule has 1 aromatic carbocycles. The predicted molar refractivity (Wildman–Crippen MR) is 62.0 cm³/mol. The average molecular weight is 272 g/mol. The van der Waals surface area contributed by atoms with E-state index < -0.39 is 0 Å². The van der Waals surface area contributed by atoms with Crippen molar-refractivity contribution in [2.75, 3.05) is 13.2 Å². The summed E-state index contributed by atoms with van der Waals surface area (Å²) in [6, 6.07) is 3.64. The Kier molecular flexibility index (Phi) is 3.29. The van der Waals surface area contributed by atoms with E-state index in [4.69, 9.17) is 15.6 Å². The standard InChI is InChI=1S/C11H14BrNO2/c12-9-5-8(10(13)6-14)4-7-2-1-3-15-11(7)9/h4-5,10,14H,1-3,6,13H2. The van der Waals surface area contributed by atoms with E-state index in [2.05, 4.69) is 15.9 Å². The zero-order valence-electron chi connectivity index (χ0n) is 8.37. The number of hydrogen-bond acceptors (Lipinski definition) is 3. The molecule has 1 heterocycles. The Labute approximate surface area is 97.4 Å². The molecule has 0 aliphatic carbocycles. The topological polar surface area (TPSA) is 55.5 Å². The number of nitrogens with two attached hydrogens (primary N) is 1. The minimum atomic E-state index is -0.312. The van der Waals surface area contributed by atoms with E-state index in [9.17, 15) is 0 Å². The van der Waals surface area contributed by atoms with Crippen molar-refractivity contribution in [1.82, 2.24) is 0 Å². The van der Waals surface area contributed by atoms with Gasteiger partial charge in [-0.25, -0.2) is 0 Å². The van der Waals surface area contributed by atoms with E-state index in [1.54, 1.807) is 0 Å². The zero-order chi connectivity index (χ0) is 10.8. The summed E-state index contributed by atoms with van der Waals surface area (Å²) in [6.45, 7) is 0.739. The molecule has 1 unspecified atom stereocenters. The Bertz CT molecular complexity index is 368. The van der Waals surface area contributed by atoms with Gasteiger partial charge in [0.2, 0.25) is 0 Å². The maximum absolute atomic E-state index is 9.01. The third kappa shape index (κ3) is 2.17. The molecular weight excluding hydrogens is 258 g/mol. The van der Waals surface area contributed by atoms with Crippen LogP contribution in [0.15, 0.2) is 16.6 Å². The van der Waals surface area contributed by atoms with Crippen LogP contribution in [0, 0.1) is 0 Å². The molecule has 1 atom stereocenters. The van der Waals surface area contributed by atoms with Crippen molar-refractivity contribution in [3.05, 3.63) is 27.7 Å². The molecule has 1 aliphatic rings. The van der Waals surface area contributed by atoms with Crippen molar-refractivity contribution in [1.29, 1.82) is 0 Å². The third-order valence-corrected chi connectivity index (χ3v) is 3.19. The second-order valence-electron chi connectivity index (χ2n) is 3.73. The van der Waals surface area contributed by atoms with Crippen LogP contribution in [0.5, 0.6) is 5.75 Å². The molecule has 0 saturated carbocycles. The quantitative estimate of drug-likeness (QED) is 0.862. The molecule has 3 nitrogen and oxygen atoms in total. The minimum Gasteiger partial charge on any atom is -0.492 e. The van der Waals surface area contributed by atoms with Gasteiger partial charge in [0.15, 0.2) is 0 Å². The van der Waals surface area contributed by atoms with Crippen LogP contribution in [0.25, 0.3) is 0 Å². The first-order valence-corrected chi connectivity index (χ1v) is 5.83. The fourth-order valence-electron chi connectivity index (χ4n) is 1.78. The van der Waals surface area contributed by atoms with Gasteiger partial charge < -0.3 is 15.6 Å². The highest BCUT2D eigenvalue weighted by atomic mass is 79.9. The lowest BCUT2D eigenvalue weighted by Gasteiger charge is -2.21. The third-order valence-electron chi connectivity index (χ3n) is 2.60. The van der Waals surface area contributed by atoms with Crippen molar-refractivity contribution in [3.63, 3.8) is 0 Å². The van der Waals surface area contributed by atoms with Gasteiger partial charge in [-0.3, -0.25) is 0 Å². The van der Waals surface area contributed by atoms with Gasteiger partial charge >= 0.3 is 0 Å². The monoisotopic (exact) mass is 271 g/mol. The molecule has 82 valence electrons. The molecule has 0 saturated heterocycles. The van der Waals surface area contributed by atoms with Crippen molar-refractivity contribution in [2.24, 2.45) is 5.73 Å². The van der Waals surface area contributed by atoms with E-state index >= 15 is 0 Å². The number of hydrogen-bond donors (Lipinski definition) is 2. The summed E-state index contributed by atoms with van der Waals surface area (Å²) in [5.41, 5.74) is 7.91. The van der Waals surface area contributed by atoms with Crippen LogP contribution in [0.1, 0.15) is 23.6 Å². The Balaban J connectivity index is 2.40. The van der Waals surface area contributed by atoms with E-state index in [0.717, 1.165) is 35.2 Å². The van der Waals surface area contributed by atoms with Crippen LogP contribution < -0.4 is 10.5 Å². The van der Waals surface area contributed by atoms with E-state index in [0.29, 0.717) is 0 Å². The van der Waals surface area contributed by atoms with Crippen molar-refractivity contribution >= 4 is 15.9 Å². The molecule has 15 heavy (non-hydrogen) atoms. The lowest BCUT2D eigenvalue weighted by Crippen LogP contribution is -2.16. The van der Waals surface area contributed by atoms with E-state index in [1.807, 2.05) is 12.1 Å². The Hall–Kier alpha value is -0.580. The summed E-state index contributed by atoms with van der Waals surface area (Å²) < 4.78 is 6.50. The second kappa shape index (κ2) is 4.51. The summed E-state index contributed by atoms with van der Waals surface area (Å²) in [4.78, 5) is 0. The molecule has 0 spiro atoms. The molecule has 1 aliphatic heterocycles. The Morgan fingerprint density at radius 1 is 1.53 bits per heavy atom. The van der Waals surface area contributed by atoms with Crippen LogP contribution in [0.3, 0.4) is 0 Å². The number of benzene rings is 1. The summed E-state index contributed by atoms with van der Waals surface area (Å²) in [5, 5.41) is 9.01. The summed E-state index contributed by atoms with van der Waals surface area (Å²) in [6.07, 6.45) is 2.05. The van der Waals surface area contributed by atoms with Crippen LogP contribution in [0.2, 0.25) is 0 Å². The molecular formula is C11H14BrNO2. The highest BCUT2D eigenvalue weighted by molar-refractivity contribution is 9.10. The SMILES string of the molecule is NC(CO)c1cc(Br)c2c(c1)CCCO2. The van der Waals surface area contributed by atoms with Gasteiger partial charge in [0.1, 0.15) is 5.75 Å². The largest absolute Gasteiger partial charge is 0.492 e. The highest BCUT2D eigenvalue weighted by Crippen LogP contribution is 2.35. The molecule has 0 fully saturated rings. The molecule has 0 amide bonds. The molecule has 0 radical (unpaired) electrons. The smallest absolute Gasteiger partial charge is 0.136 e. The first kappa shape index (κ1) is 10.9. The van der Waals surface area contributed by atoms with Gasteiger partial charge in [-0.1, -0.05) is 6.07 Å². The molecule has 4 heteroatoms. The summed E-state index contributed by atoms with van der Waals surface area (Å²) in [7, 11) is 0. The minimum absolute atomic E-state index is 0.0356. The number of aryl methyl sites for hydroxylation is 1. The van der Waals surface area contributed by atoms with Gasteiger partial charge in [-0.2, -0.15) is 0 Å².